The SMILES string of the molecule is CC1CCCCC1.CC1CCCCN1c1cc(Br)cnc1C#N.N#Cc1ncc(Br)cc1F. The standard InChI is InChI=1S/C12H14BrN3.C7H14.C6H2BrFN2/c1-9-4-2-3-5-16(9)12-6-10(13)8-15-11(12)7-14;1-7-5-3-2-4-6-7;7-4-1-5(8)6(2-9)10-3-4/h6,8-9H,2-5H2,1H3;7H,2-6H2,1H3;1,3H. The second-order valence-electron chi connectivity index (χ2n) is 8.51. The quantitative estimate of drug-likeness (QED) is 0.349. The van der Waals surface area contributed by atoms with Crippen LogP contribution in [0.25, 0.3) is 0 Å². The Bertz CT molecular complexity index is 980. The van der Waals surface area contributed by atoms with Crippen LogP contribution in [0.15, 0.2) is 33.5 Å². The molecule has 1 aliphatic carbocycles. The molecule has 8 heteroatoms. The van der Waals surface area contributed by atoms with Crippen LogP contribution < -0.4 is 4.90 Å². The predicted octanol–water partition coefficient (Wildman–Crippen LogP) is 7.54. The normalized spacial score (nSPS) is 18.0. The highest BCUT2D eigenvalue weighted by Gasteiger charge is 2.21. The zero-order valence-electron chi connectivity index (χ0n) is 19.2. The van der Waals surface area contributed by atoms with Crippen LogP contribution in [0.4, 0.5) is 10.1 Å². The van der Waals surface area contributed by atoms with Crippen LogP contribution in [0.3, 0.4) is 0 Å². The molecule has 0 radical (unpaired) electrons. The molecular formula is C25H30Br2FN5. The average molecular weight is 579 g/mol. The van der Waals surface area contributed by atoms with Gasteiger partial charge in [0.15, 0.2) is 17.2 Å². The Balaban J connectivity index is 0.000000193. The van der Waals surface area contributed by atoms with Gasteiger partial charge in [-0.05, 0) is 76.1 Å². The number of halogens is 3. The van der Waals surface area contributed by atoms with E-state index in [1.54, 1.807) is 12.3 Å². The average Bonchev–Trinajstić information content (AvgIpc) is 2.81. The molecule has 0 bridgehead atoms. The number of anilines is 1. The molecule has 5 nitrogen and oxygen atoms in total. The Hall–Kier alpha value is -2.03. The van der Waals surface area contributed by atoms with E-state index < -0.39 is 5.82 Å². The zero-order chi connectivity index (χ0) is 24.2. The largest absolute Gasteiger partial charge is 0.366 e. The molecule has 176 valence electrons. The summed E-state index contributed by atoms with van der Waals surface area (Å²) in [6.07, 6.45) is 14.2. The molecule has 2 aromatic rings. The van der Waals surface area contributed by atoms with Gasteiger partial charge < -0.3 is 4.90 Å². The van der Waals surface area contributed by atoms with Crippen LogP contribution in [-0.2, 0) is 0 Å². The van der Waals surface area contributed by atoms with Crippen molar-refractivity contribution in [1.82, 2.24) is 9.97 Å². The molecule has 1 saturated carbocycles. The van der Waals surface area contributed by atoms with Gasteiger partial charge >= 0.3 is 0 Å². The van der Waals surface area contributed by atoms with Gasteiger partial charge in [0.2, 0.25) is 0 Å². The van der Waals surface area contributed by atoms with Gasteiger partial charge in [-0.25, -0.2) is 14.4 Å². The summed E-state index contributed by atoms with van der Waals surface area (Å²) in [4.78, 5) is 9.96. The van der Waals surface area contributed by atoms with Gasteiger partial charge in [-0.1, -0.05) is 39.0 Å². The number of pyridine rings is 2. The summed E-state index contributed by atoms with van der Waals surface area (Å²) >= 11 is 6.43. The minimum absolute atomic E-state index is 0.178. The summed E-state index contributed by atoms with van der Waals surface area (Å²) in [5.41, 5.74) is 1.31. The van der Waals surface area contributed by atoms with E-state index in [-0.39, 0.29) is 5.69 Å². The summed E-state index contributed by atoms with van der Waals surface area (Å²) in [5, 5.41) is 17.3. The Morgan fingerprint density at radius 1 is 0.879 bits per heavy atom. The van der Waals surface area contributed by atoms with Gasteiger partial charge in [0.1, 0.15) is 12.1 Å². The van der Waals surface area contributed by atoms with E-state index in [2.05, 4.69) is 66.6 Å². The molecule has 2 aromatic heterocycles. The molecule has 1 atom stereocenters. The lowest BCUT2D eigenvalue weighted by atomic mass is 9.91. The minimum Gasteiger partial charge on any atom is -0.366 e. The van der Waals surface area contributed by atoms with E-state index >= 15 is 0 Å². The van der Waals surface area contributed by atoms with E-state index in [9.17, 15) is 4.39 Å². The second-order valence-corrected chi connectivity index (χ2v) is 10.3. The fourth-order valence-electron chi connectivity index (χ4n) is 3.99. The van der Waals surface area contributed by atoms with Crippen LogP contribution >= 0.6 is 31.9 Å². The predicted molar refractivity (Wildman–Crippen MR) is 136 cm³/mol. The lowest BCUT2D eigenvalue weighted by Gasteiger charge is -2.35. The van der Waals surface area contributed by atoms with Crippen LogP contribution in [-0.4, -0.2) is 22.6 Å². The summed E-state index contributed by atoms with van der Waals surface area (Å²) in [6, 6.07) is 7.47. The second kappa shape index (κ2) is 14.3. The molecule has 0 spiro atoms. The molecular weight excluding hydrogens is 549 g/mol. The van der Waals surface area contributed by atoms with Gasteiger partial charge in [-0.15, -0.1) is 0 Å². The van der Waals surface area contributed by atoms with Gasteiger partial charge in [0.05, 0.1) is 5.69 Å². The topological polar surface area (TPSA) is 76.6 Å². The van der Waals surface area contributed by atoms with Crippen molar-refractivity contribution in [3.05, 3.63) is 50.7 Å². The number of aromatic nitrogens is 2. The molecule has 0 N–H and O–H groups in total. The van der Waals surface area contributed by atoms with Crippen molar-refractivity contribution in [2.75, 3.05) is 11.4 Å². The summed E-state index contributed by atoms with van der Waals surface area (Å²) < 4.78 is 14.0. The lowest BCUT2D eigenvalue weighted by Crippen LogP contribution is -2.38. The Kier molecular flexibility index (Phi) is 11.8. The van der Waals surface area contributed by atoms with Gasteiger partial charge in [0, 0.05) is 33.9 Å². The Labute approximate surface area is 213 Å². The van der Waals surface area contributed by atoms with E-state index in [0.717, 1.165) is 22.6 Å². The van der Waals surface area contributed by atoms with E-state index in [4.69, 9.17) is 10.5 Å². The van der Waals surface area contributed by atoms with E-state index in [0.29, 0.717) is 16.2 Å². The van der Waals surface area contributed by atoms with Crippen molar-refractivity contribution in [2.45, 2.75) is 71.3 Å². The van der Waals surface area contributed by atoms with Crippen LogP contribution in [0.5, 0.6) is 0 Å². The highest BCUT2D eigenvalue weighted by molar-refractivity contribution is 9.10. The molecule has 1 aliphatic heterocycles. The van der Waals surface area contributed by atoms with Crippen molar-refractivity contribution in [3.63, 3.8) is 0 Å². The molecule has 0 amide bonds. The lowest BCUT2D eigenvalue weighted by molar-refractivity contribution is 0.385. The summed E-state index contributed by atoms with van der Waals surface area (Å²) in [5.74, 6) is 0.436. The summed E-state index contributed by atoms with van der Waals surface area (Å²) in [6.45, 7) is 5.59. The molecule has 33 heavy (non-hydrogen) atoms. The Morgan fingerprint density at radius 2 is 1.45 bits per heavy atom. The highest BCUT2D eigenvalue weighted by atomic mass is 79.9. The number of piperidine rings is 1. The fourth-order valence-corrected chi connectivity index (χ4v) is 4.62. The maximum absolute atomic E-state index is 12.5. The van der Waals surface area contributed by atoms with Crippen molar-refractivity contribution in [1.29, 1.82) is 10.5 Å². The maximum Gasteiger partial charge on any atom is 0.176 e. The minimum atomic E-state index is -0.600. The maximum atomic E-state index is 12.5. The summed E-state index contributed by atoms with van der Waals surface area (Å²) in [7, 11) is 0. The molecule has 1 saturated heterocycles. The van der Waals surface area contributed by atoms with Crippen molar-refractivity contribution >= 4 is 37.5 Å². The number of hydrogen-bond donors (Lipinski definition) is 0. The number of rotatable bonds is 1. The molecule has 2 fully saturated rings. The third kappa shape index (κ3) is 9.02. The van der Waals surface area contributed by atoms with Crippen molar-refractivity contribution in [3.8, 4) is 12.1 Å². The third-order valence-corrected chi connectivity index (χ3v) is 6.73. The number of nitrogens with zero attached hydrogens (tertiary/aromatic N) is 5. The van der Waals surface area contributed by atoms with Crippen LogP contribution in [0, 0.1) is 34.4 Å². The van der Waals surface area contributed by atoms with E-state index in [1.165, 1.54) is 63.6 Å². The first-order valence-electron chi connectivity index (χ1n) is 11.4. The van der Waals surface area contributed by atoms with Crippen LogP contribution in [0.2, 0.25) is 0 Å². The molecule has 1 unspecified atom stereocenters. The fraction of sp³-hybridized carbons (Fsp3) is 0.520. The first-order valence-corrected chi connectivity index (χ1v) is 13.0. The smallest absolute Gasteiger partial charge is 0.176 e. The van der Waals surface area contributed by atoms with Gasteiger partial charge in [-0.3, -0.25) is 0 Å². The Morgan fingerprint density at radius 3 is 1.97 bits per heavy atom. The monoisotopic (exact) mass is 577 g/mol. The van der Waals surface area contributed by atoms with E-state index in [1.807, 2.05) is 6.07 Å². The zero-order valence-corrected chi connectivity index (χ0v) is 22.4. The molecule has 4 rings (SSSR count). The first-order chi connectivity index (χ1) is 15.8. The van der Waals surface area contributed by atoms with Crippen molar-refractivity contribution < 1.29 is 4.39 Å². The highest BCUT2D eigenvalue weighted by Crippen LogP contribution is 2.28. The molecule has 0 aromatic carbocycles. The van der Waals surface area contributed by atoms with Crippen LogP contribution in [0.1, 0.15) is 76.6 Å². The third-order valence-electron chi connectivity index (χ3n) is 5.86. The first kappa shape index (κ1) is 27.2. The molecule has 3 heterocycles. The van der Waals surface area contributed by atoms with Gasteiger partial charge in [-0.2, -0.15) is 10.5 Å². The molecule has 2 aliphatic rings. The number of nitriles is 2. The van der Waals surface area contributed by atoms with Crippen molar-refractivity contribution in [2.24, 2.45) is 5.92 Å². The van der Waals surface area contributed by atoms with Gasteiger partial charge in [0.25, 0.3) is 0 Å². The number of hydrogen-bond acceptors (Lipinski definition) is 5.